The number of hydrogen-bond donors (Lipinski definition) is 2. The Morgan fingerprint density at radius 1 is 1.00 bits per heavy atom. The Labute approximate surface area is 188 Å². The van der Waals surface area contributed by atoms with Gasteiger partial charge in [0.2, 0.25) is 0 Å². The fourth-order valence-electron chi connectivity index (χ4n) is 3.17. The minimum Gasteiger partial charge on any atom is -0.484 e. The third-order valence-electron chi connectivity index (χ3n) is 4.83. The van der Waals surface area contributed by atoms with Crippen LogP contribution >= 0.6 is 0 Å². The number of hydrogen-bond acceptors (Lipinski definition) is 6. The first-order chi connectivity index (χ1) is 15.9. The van der Waals surface area contributed by atoms with Gasteiger partial charge in [-0.2, -0.15) is 0 Å². The standard InChI is InChI=1S/C24H19N3O6/c1-15-12-17(25-23(28)14-32-19-9-7-18(8-10-19)27(30)31)6-11-20(15)26-24(29)22-13-16-4-2-3-5-21(16)33-22/h2-13H,14H2,1H3,(H,25,28)(H,26,29). The van der Waals surface area contributed by atoms with Crippen molar-refractivity contribution in [1.82, 2.24) is 0 Å². The van der Waals surface area contributed by atoms with Gasteiger partial charge < -0.3 is 19.8 Å². The molecule has 166 valence electrons. The number of ether oxygens (including phenoxy) is 1. The van der Waals surface area contributed by atoms with Crippen molar-refractivity contribution in [2.45, 2.75) is 6.92 Å². The summed E-state index contributed by atoms with van der Waals surface area (Å²) in [6, 6.07) is 19.6. The molecule has 33 heavy (non-hydrogen) atoms. The van der Waals surface area contributed by atoms with E-state index in [1.54, 1.807) is 37.3 Å². The lowest BCUT2D eigenvalue weighted by molar-refractivity contribution is -0.384. The lowest BCUT2D eigenvalue weighted by atomic mass is 10.1. The monoisotopic (exact) mass is 445 g/mol. The van der Waals surface area contributed by atoms with Gasteiger partial charge in [0.25, 0.3) is 17.5 Å². The number of anilines is 2. The molecule has 0 radical (unpaired) electrons. The Morgan fingerprint density at radius 3 is 2.45 bits per heavy atom. The van der Waals surface area contributed by atoms with E-state index in [2.05, 4.69) is 10.6 Å². The molecule has 9 nitrogen and oxygen atoms in total. The van der Waals surface area contributed by atoms with E-state index in [0.29, 0.717) is 22.7 Å². The van der Waals surface area contributed by atoms with Crippen LogP contribution in [0.15, 0.2) is 77.2 Å². The average Bonchev–Trinajstić information content (AvgIpc) is 3.24. The van der Waals surface area contributed by atoms with Gasteiger partial charge in [0.05, 0.1) is 4.92 Å². The van der Waals surface area contributed by atoms with Gasteiger partial charge in [0.1, 0.15) is 11.3 Å². The molecule has 0 spiro atoms. The lowest BCUT2D eigenvalue weighted by Gasteiger charge is -2.11. The molecule has 1 heterocycles. The third-order valence-corrected chi connectivity index (χ3v) is 4.83. The molecule has 3 aromatic carbocycles. The van der Waals surface area contributed by atoms with Crippen molar-refractivity contribution in [3.8, 4) is 5.75 Å². The van der Waals surface area contributed by atoms with E-state index >= 15 is 0 Å². The molecule has 2 N–H and O–H groups in total. The van der Waals surface area contributed by atoms with Gasteiger partial charge in [0, 0.05) is 28.9 Å². The molecule has 9 heteroatoms. The van der Waals surface area contributed by atoms with Gasteiger partial charge in [0.15, 0.2) is 12.4 Å². The van der Waals surface area contributed by atoms with Crippen LogP contribution in [0.3, 0.4) is 0 Å². The summed E-state index contributed by atoms with van der Waals surface area (Å²) in [5, 5.41) is 17.0. The highest BCUT2D eigenvalue weighted by Gasteiger charge is 2.14. The van der Waals surface area contributed by atoms with Crippen molar-refractivity contribution in [1.29, 1.82) is 0 Å². The van der Waals surface area contributed by atoms with Crippen LogP contribution in [0, 0.1) is 17.0 Å². The number of nitro benzene ring substituents is 1. The maximum atomic E-state index is 12.5. The summed E-state index contributed by atoms with van der Waals surface area (Å²) in [6.07, 6.45) is 0. The van der Waals surface area contributed by atoms with Gasteiger partial charge >= 0.3 is 0 Å². The number of rotatable bonds is 7. The predicted octanol–water partition coefficient (Wildman–Crippen LogP) is 4.92. The lowest BCUT2D eigenvalue weighted by Crippen LogP contribution is -2.20. The fraction of sp³-hybridized carbons (Fsp3) is 0.0833. The number of non-ortho nitro benzene ring substituents is 1. The first-order valence-electron chi connectivity index (χ1n) is 9.97. The van der Waals surface area contributed by atoms with Crippen LogP contribution in [0.2, 0.25) is 0 Å². The molecule has 2 amide bonds. The first kappa shape index (κ1) is 21.6. The molecule has 0 unspecified atom stereocenters. The Kier molecular flexibility index (Phi) is 6.03. The first-order valence-corrected chi connectivity index (χ1v) is 9.97. The SMILES string of the molecule is Cc1cc(NC(=O)COc2ccc([N+](=O)[O-])cc2)ccc1NC(=O)c1cc2ccccc2o1. The van der Waals surface area contributed by atoms with Crippen LogP contribution in [-0.4, -0.2) is 23.3 Å². The Morgan fingerprint density at radius 2 is 1.76 bits per heavy atom. The minimum absolute atomic E-state index is 0.0604. The summed E-state index contributed by atoms with van der Waals surface area (Å²) < 4.78 is 10.9. The molecule has 1 aromatic heterocycles. The van der Waals surface area contributed by atoms with E-state index in [0.717, 1.165) is 10.9 Å². The van der Waals surface area contributed by atoms with Crippen molar-refractivity contribution >= 4 is 39.8 Å². The van der Waals surface area contributed by atoms with E-state index in [1.165, 1.54) is 24.3 Å². The minimum atomic E-state index is -0.512. The van der Waals surface area contributed by atoms with E-state index in [-0.39, 0.29) is 24.0 Å². The summed E-state index contributed by atoms with van der Waals surface area (Å²) in [5.74, 6) is -0.221. The van der Waals surface area contributed by atoms with Gasteiger partial charge in [-0.05, 0) is 55.0 Å². The summed E-state index contributed by atoms with van der Waals surface area (Å²) in [5.41, 5.74) is 2.43. The molecule has 4 rings (SSSR count). The van der Waals surface area contributed by atoms with Crippen LogP contribution in [0.5, 0.6) is 5.75 Å². The second-order valence-corrected chi connectivity index (χ2v) is 7.22. The summed E-state index contributed by atoms with van der Waals surface area (Å²) in [6.45, 7) is 1.54. The van der Waals surface area contributed by atoms with Crippen LogP contribution in [0.25, 0.3) is 11.0 Å². The maximum Gasteiger partial charge on any atom is 0.291 e. The van der Waals surface area contributed by atoms with Gasteiger partial charge in [-0.15, -0.1) is 0 Å². The molecule has 4 aromatic rings. The Bertz CT molecular complexity index is 1310. The smallest absolute Gasteiger partial charge is 0.291 e. The molecule has 0 saturated carbocycles. The highest BCUT2D eigenvalue weighted by atomic mass is 16.6. The van der Waals surface area contributed by atoms with E-state index in [1.807, 2.05) is 18.2 Å². The third kappa shape index (κ3) is 5.16. The number of fused-ring (bicyclic) bond motifs is 1. The zero-order chi connectivity index (χ0) is 23.4. The zero-order valence-corrected chi connectivity index (χ0v) is 17.5. The fourth-order valence-corrected chi connectivity index (χ4v) is 3.17. The number of benzene rings is 3. The van der Waals surface area contributed by atoms with Crippen molar-refractivity contribution < 1.29 is 23.7 Å². The highest BCUT2D eigenvalue weighted by molar-refractivity contribution is 6.05. The van der Waals surface area contributed by atoms with Gasteiger partial charge in [-0.1, -0.05) is 18.2 Å². The van der Waals surface area contributed by atoms with E-state index in [4.69, 9.17) is 9.15 Å². The molecule has 0 saturated heterocycles. The quantitative estimate of drug-likeness (QED) is 0.307. The van der Waals surface area contributed by atoms with Crippen molar-refractivity contribution in [3.63, 3.8) is 0 Å². The largest absolute Gasteiger partial charge is 0.484 e. The molecule has 0 aliphatic carbocycles. The zero-order valence-electron chi connectivity index (χ0n) is 17.5. The van der Waals surface area contributed by atoms with Crippen LogP contribution in [0.4, 0.5) is 17.1 Å². The number of furan rings is 1. The number of carbonyl (C=O) groups excluding carboxylic acids is 2. The number of nitro groups is 1. The number of carbonyl (C=O) groups is 2. The number of nitrogens with one attached hydrogen (secondary N) is 2. The topological polar surface area (TPSA) is 124 Å². The van der Waals surface area contributed by atoms with Gasteiger partial charge in [-0.25, -0.2) is 0 Å². The Balaban J connectivity index is 1.34. The van der Waals surface area contributed by atoms with Crippen LogP contribution in [0.1, 0.15) is 16.1 Å². The second kappa shape index (κ2) is 9.23. The molecular formula is C24H19N3O6. The average molecular weight is 445 g/mol. The van der Waals surface area contributed by atoms with Crippen LogP contribution < -0.4 is 15.4 Å². The van der Waals surface area contributed by atoms with E-state index < -0.39 is 10.8 Å². The predicted molar refractivity (Wildman–Crippen MR) is 123 cm³/mol. The van der Waals surface area contributed by atoms with Crippen molar-refractivity contribution in [3.05, 3.63) is 94.2 Å². The molecule has 0 aliphatic rings. The maximum absolute atomic E-state index is 12.5. The number of nitrogens with zero attached hydrogens (tertiary/aromatic N) is 1. The molecule has 0 fully saturated rings. The Hall–Kier alpha value is -4.66. The van der Waals surface area contributed by atoms with Gasteiger partial charge in [-0.3, -0.25) is 19.7 Å². The summed E-state index contributed by atoms with van der Waals surface area (Å²) in [7, 11) is 0. The molecular weight excluding hydrogens is 426 g/mol. The van der Waals surface area contributed by atoms with Crippen LogP contribution in [-0.2, 0) is 4.79 Å². The summed E-state index contributed by atoms with van der Waals surface area (Å²) in [4.78, 5) is 34.9. The molecule has 0 atom stereocenters. The van der Waals surface area contributed by atoms with Crippen molar-refractivity contribution in [2.75, 3.05) is 17.2 Å². The van der Waals surface area contributed by atoms with E-state index in [9.17, 15) is 19.7 Å². The highest BCUT2D eigenvalue weighted by Crippen LogP contribution is 2.23. The second-order valence-electron chi connectivity index (χ2n) is 7.22. The summed E-state index contributed by atoms with van der Waals surface area (Å²) >= 11 is 0. The molecule has 0 aliphatic heterocycles. The number of aryl methyl sites for hydroxylation is 1. The molecule has 0 bridgehead atoms. The van der Waals surface area contributed by atoms with Crippen molar-refractivity contribution in [2.24, 2.45) is 0 Å². The normalized spacial score (nSPS) is 10.6. The number of para-hydroxylation sites is 1. The number of amides is 2.